The van der Waals surface area contributed by atoms with Crippen molar-refractivity contribution >= 4 is 16.9 Å². The molecule has 4 aromatic rings. The largest absolute Gasteiger partial charge is 0.416 e. The third-order valence-corrected chi connectivity index (χ3v) is 5.48. The maximum absolute atomic E-state index is 13.0. The lowest BCUT2D eigenvalue weighted by molar-refractivity contribution is -0.137. The zero-order valence-corrected chi connectivity index (χ0v) is 17.8. The molecule has 0 aliphatic carbocycles. The molecule has 5 nitrogen and oxygen atoms in total. The van der Waals surface area contributed by atoms with Crippen LogP contribution in [0.4, 0.5) is 13.2 Å². The molecule has 0 radical (unpaired) electrons. The molecule has 2 N–H and O–H groups in total. The van der Waals surface area contributed by atoms with Crippen LogP contribution in [0.15, 0.2) is 79.1 Å². The predicted molar refractivity (Wildman–Crippen MR) is 120 cm³/mol. The average molecular weight is 453 g/mol. The third-order valence-electron chi connectivity index (χ3n) is 5.48. The highest BCUT2D eigenvalue weighted by molar-refractivity contribution is 5.95. The van der Waals surface area contributed by atoms with Gasteiger partial charge in [0.05, 0.1) is 35.1 Å². The summed E-state index contributed by atoms with van der Waals surface area (Å²) in [4.78, 5) is 17.2. The number of aromatic nitrogens is 2. The van der Waals surface area contributed by atoms with Crippen molar-refractivity contribution in [1.29, 1.82) is 0 Å². The van der Waals surface area contributed by atoms with Gasteiger partial charge in [-0.3, -0.25) is 4.79 Å². The van der Waals surface area contributed by atoms with E-state index in [1.54, 1.807) is 43.6 Å². The molecule has 1 aromatic heterocycles. The number of nitrogens with one attached hydrogen (secondary N) is 1. The molecule has 0 aliphatic rings. The molecule has 170 valence electrons. The molecule has 0 spiro atoms. The maximum Gasteiger partial charge on any atom is 0.416 e. The van der Waals surface area contributed by atoms with Crippen LogP contribution in [0.2, 0.25) is 0 Å². The van der Waals surface area contributed by atoms with Crippen molar-refractivity contribution in [2.24, 2.45) is 0 Å². The number of carbonyl (C=O) groups excluding carboxylic acids is 1. The second kappa shape index (κ2) is 8.71. The molecule has 4 rings (SSSR count). The highest BCUT2D eigenvalue weighted by atomic mass is 19.4. The van der Waals surface area contributed by atoms with Gasteiger partial charge in [0, 0.05) is 12.1 Å². The van der Waals surface area contributed by atoms with Gasteiger partial charge in [0.2, 0.25) is 0 Å². The molecular formula is C25H22F3N3O2. The normalized spacial score (nSPS) is 13.6. The van der Waals surface area contributed by atoms with Crippen LogP contribution in [0.25, 0.3) is 22.2 Å². The van der Waals surface area contributed by atoms with Crippen LogP contribution in [0, 0.1) is 0 Å². The first kappa shape index (κ1) is 22.5. The number of amides is 1. The Morgan fingerprint density at radius 1 is 1.00 bits per heavy atom. The van der Waals surface area contributed by atoms with E-state index in [9.17, 15) is 23.1 Å². The molecule has 0 saturated carbocycles. The van der Waals surface area contributed by atoms with E-state index in [-0.39, 0.29) is 6.61 Å². The molecule has 0 fully saturated rings. The highest BCUT2D eigenvalue weighted by Gasteiger charge is 2.30. The van der Waals surface area contributed by atoms with E-state index >= 15 is 0 Å². The minimum atomic E-state index is -4.43. The van der Waals surface area contributed by atoms with Gasteiger partial charge in [0.25, 0.3) is 5.91 Å². The molecule has 1 atom stereocenters. The first-order valence-electron chi connectivity index (χ1n) is 10.3. The average Bonchev–Trinajstić information content (AvgIpc) is 3.21. The van der Waals surface area contributed by atoms with Crippen LogP contribution in [0.5, 0.6) is 0 Å². The van der Waals surface area contributed by atoms with Crippen molar-refractivity contribution < 1.29 is 23.1 Å². The monoisotopic (exact) mass is 453 g/mol. The van der Waals surface area contributed by atoms with E-state index in [0.29, 0.717) is 23.2 Å². The Bertz CT molecular complexity index is 1280. The first-order chi connectivity index (χ1) is 15.7. The summed E-state index contributed by atoms with van der Waals surface area (Å²) in [6.07, 6.45) is -2.76. The lowest BCUT2D eigenvalue weighted by Crippen LogP contribution is -2.51. The van der Waals surface area contributed by atoms with Gasteiger partial charge >= 0.3 is 6.18 Å². The number of aliphatic hydroxyl groups excluding tert-OH is 1. The highest BCUT2D eigenvalue weighted by Crippen LogP contribution is 2.32. The lowest BCUT2D eigenvalue weighted by atomic mass is 10.00. The maximum atomic E-state index is 13.0. The van der Waals surface area contributed by atoms with Gasteiger partial charge in [-0.05, 0) is 54.4 Å². The predicted octanol–water partition coefficient (Wildman–Crippen LogP) is 4.90. The number of nitrogens with zero attached hydrogens (tertiary/aromatic N) is 2. The van der Waals surface area contributed by atoms with Gasteiger partial charge in [-0.25, -0.2) is 4.98 Å². The molecule has 1 unspecified atom stereocenters. The number of rotatable bonds is 6. The second-order valence-corrected chi connectivity index (χ2v) is 8.19. The summed E-state index contributed by atoms with van der Waals surface area (Å²) in [5.74, 6) is -0.397. The number of halogens is 3. The molecule has 0 saturated heterocycles. The SMILES string of the molecule is CC(CO)(Cn1cnc2ccccc21)NC(=O)c1ccc(-c2cccc(C(F)(F)F)c2)cc1. The van der Waals surface area contributed by atoms with Gasteiger partial charge in [-0.2, -0.15) is 13.2 Å². The fourth-order valence-corrected chi connectivity index (χ4v) is 3.68. The summed E-state index contributed by atoms with van der Waals surface area (Å²) in [6, 6.07) is 18.9. The molecule has 1 heterocycles. The number of fused-ring (bicyclic) bond motifs is 1. The Hall–Kier alpha value is -3.65. The number of benzene rings is 3. The summed E-state index contributed by atoms with van der Waals surface area (Å²) in [6.45, 7) is 1.74. The van der Waals surface area contributed by atoms with E-state index < -0.39 is 23.2 Å². The molecule has 33 heavy (non-hydrogen) atoms. The molecular weight excluding hydrogens is 431 g/mol. The van der Waals surface area contributed by atoms with E-state index in [4.69, 9.17) is 0 Å². The van der Waals surface area contributed by atoms with Crippen LogP contribution in [0.1, 0.15) is 22.8 Å². The topological polar surface area (TPSA) is 67.2 Å². The third kappa shape index (κ3) is 4.90. The zero-order chi connectivity index (χ0) is 23.6. The summed E-state index contributed by atoms with van der Waals surface area (Å²) >= 11 is 0. The number of para-hydroxylation sites is 2. The number of aliphatic hydroxyl groups is 1. The number of alkyl halides is 3. The van der Waals surface area contributed by atoms with Crippen LogP contribution < -0.4 is 5.32 Å². The van der Waals surface area contributed by atoms with E-state index in [1.165, 1.54) is 6.07 Å². The van der Waals surface area contributed by atoms with Crippen molar-refractivity contribution in [1.82, 2.24) is 14.9 Å². The van der Waals surface area contributed by atoms with Crippen molar-refractivity contribution in [2.75, 3.05) is 6.61 Å². The Morgan fingerprint density at radius 3 is 2.42 bits per heavy atom. The van der Waals surface area contributed by atoms with Gasteiger partial charge in [0.15, 0.2) is 0 Å². The van der Waals surface area contributed by atoms with Crippen molar-refractivity contribution in [3.8, 4) is 11.1 Å². The molecule has 8 heteroatoms. The van der Waals surface area contributed by atoms with Crippen LogP contribution >= 0.6 is 0 Å². The summed E-state index contributed by atoms with van der Waals surface area (Å²) < 4.78 is 40.8. The zero-order valence-electron chi connectivity index (χ0n) is 17.8. The Kier molecular flexibility index (Phi) is 5.95. The Morgan fingerprint density at radius 2 is 1.73 bits per heavy atom. The number of imidazole rings is 1. The number of hydrogen-bond donors (Lipinski definition) is 2. The molecule has 0 aliphatic heterocycles. The van der Waals surface area contributed by atoms with E-state index in [1.807, 2.05) is 28.8 Å². The van der Waals surface area contributed by atoms with E-state index in [2.05, 4.69) is 10.3 Å². The van der Waals surface area contributed by atoms with Crippen LogP contribution in [0.3, 0.4) is 0 Å². The Labute approximate surface area is 188 Å². The smallest absolute Gasteiger partial charge is 0.394 e. The minimum Gasteiger partial charge on any atom is -0.394 e. The fraction of sp³-hybridized carbons (Fsp3) is 0.200. The van der Waals surface area contributed by atoms with Gasteiger partial charge in [0.1, 0.15) is 0 Å². The van der Waals surface area contributed by atoms with Crippen LogP contribution in [-0.4, -0.2) is 32.7 Å². The number of carbonyl (C=O) groups is 1. The van der Waals surface area contributed by atoms with Crippen molar-refractivity contribution in [3.05, 3.63) is 90.3 Å². The minimum absolute atomic E-state index is 0.298. The fourth-order valence-electron chi connectivity index (χ4n) is 3.68. The van der Waals surface area contributed by atoms with Crippen molar-refractivity contribution in [2.45, 2.75) is 25.2 Å². The summed E-state index contributed by atoms with van der Waals surface area (Å²) in [5.41, 5.74) is 1.32. The lowest BCUT2D eigenvalue weighted by Gasteiger charge is -2.29. The first-order valence-corrected chi connectivity index (χ1v) is 10.3. The van der Waals surface area contributed by atoms with Crippen LogP contribution in [-0.2, 0) is 12.7 Å². The quantitative estimate of drug-likeness (QED) is 0.436. The second-order valence-electron chi connectivity index (χ2n) is 8.19. The standard InChI is InChI=1S/C25H22F3N3O2/c1-24(15-32,14-31-16-29-21-7-2-3-8-22(21)31)30-23(33)18-11-9-17(10-12-18)19-5-4-6-20(13-19)25(26,27)28/h2-13,16,32H,14-15H2,1H3,(H,30,33). The summed E-state index contributed by atoms with van der Waals surface area (Å²) in [5, 5.41) is 12.9. The van der Waals surface area contributed by atoms with Crippen molar-refractivity contribution in [3.63, 3.8) is 0 Å². The number of hydrogen-bond acceptors (Lipinski definition) is 3. The Balaban J connectivity index is 1.51. The molecule has 0 bridgehead atoms. The molecule has 3 aromatic carbocycles. The molecule has 1 amide bonds. The summed E-state index contributed by atoms with van der Waals surface area (Å²) in [7, 11) is 0. The van der Waals surface area contributed by atoms with Gasteiger partial charge < -0.3 is 15.0 Å². The van der Waals surface area contributed by atoms with E-state index in [0.717, 1.165) is 23.2 Å². The van der Waals surface area contributed by atoms with Gasteiger partial charge in [-0.15, -0.1) is 0 Å². The van der Waals surface area contributed by atoms with Gasteiger partial charge in [-0.1, -0.05) is 36.4 Å².